The van der Waals surface area contributed by atoms with Gasteiger partial charge in [-0.3, -0.25) is 9.59 Å². The molecule has 16 heavy (non-hydrogen) atoms. The highest BCUT2D eigenvalue weighted by Crippen LogP contribution is 2.56. The van der Waals surface area contributed by atoms with E-state index in [0.717, 1.165) is 24.0 Å². The highest BCUT2D eigenvalue weighted by atomic mass is 16.4. The lowest BCUT2D eigenvalue weighted by Crippen LogP contribution is -2.34. The van der Waals surface area contributed by atoms with Crippen LogP contribution in [0.15, 0.2) is 11.1 Å². The zero-order valence-corrected chi connectivity index (χ0v) is 9.43. The first kappa shape index (κ1) is 11.2. The molecule has 2 N–H and O–H groups in total. The topological polar surface area (TPSA) is 74.6 Å². The van der Waals surface area contributed by atoms with Crippen LogP contribution >= 0.6 is 0 Å². The molecule has 2 aliphatic rings. The Hall–Kier alpha value is -1.32. The average molecular weight is 224 g/mol. The highest BCUT2D eigenvalue weighted by Gasteiger charge is 2.57. The van der Waals surface area contributed by atoms with Crippen LogP contribution in [0.1, 0.15) is 26.7 Å². The van der Waals surface area contributed by atoms with Gasteiger partial charge in [0.05, 0.1) is 11.8 Å². The maximum Gasteiger partial charge on any atom is 0.308 e. The summed E-state index contributed by atoms with van der Waals surface area (Å²) in [6.45, 7) is 3.90. The molecule has 88 valence electrons. The van der Waals surface area contributed by atoms with E-state index in [1.807, 2.05) is 13.8 Å². The fourth-order valence-electron chi connectivity index (χ4n) is 3.58. The summed E-state index contributed by atoms with van der Waals surface area (Å²) in [5.74, 6) is -3.46. The Balaban J connectivity index is 2.46. The van der Waals surface area contributed by atoms with E-state index in [2.05, 4.69) is 0 Å². The number of aliphatic carboxylic acids is 2. The first-order chi connectivity index (χ1) is 7.45. The van der Waals surface area contributed by atoms with Crippen LogP contribution in [0.4, 0.5) is 0 Å². The third kappa shape index (κ3) is 1.36. The molecule has 0 amide bonds. The van der Waals surface area contributed by atoms with Gasteiger partial charge >= 0.3 is 11.9 Å². The van der Waals surface area contributed by atoms with Crippen molar-refractivity contribution in [3.05, 3.63) is 11.1 Å². The largest absolute Gasteiger partial charge is 0.481 e. The number of hydrogen-bond acceptors (Lipinski definition) is 2. The maximum absolute atomic E-state index is 11.2. The van der Waals surface area contributed by atoms with Gasteiger partial charge in [0.2, 0.25) is 0 Å². The zero-order chi connectivity index (χ0) is 12.0. The van der Waals surface area contributed by atoms with Crippen LogP contribution in [0.25, 0.3) is 0 Å². The number of carboxylic acids is 2. The lowest BCUT2D eigenvalue weighted by molar-refractivity contribution is -0.156. The molecule has 0 aromatic heterocycles. The predicted molar refractivity (Wildman–Crippen MR) is 56.8 cm³/mol. The lowest BCUT2D eigenvalue weighted by atomic mass is 9.79. The van der Waals surface area contributed by atoms with Gasteiger partial charge in [0.15, 0.2) is 0 Å². The minimum absolute atomic E-state index is 0.0476. The molecule has 2 bridgehead atoms. The van der Waals surface area contributed by atoms with Crippen LogP contribution < -0.4 is 0 Å². The third-order valence-corrected chi connectivity index (χ3v) is 3.99. The van der Waals surface area contributed by atoms with Crippen molar-refractivity contribution in [1.29, 1.82) is 0 Å². The molecular formula is C12H16O4. The second-order valence-corrected chi connectivity index (χ2v) is 4.97. The predicted octanol–water partition coefficient (Wildman–Crippen LogP) is 1.76. The summed E-state index contributed by atoms with van der Waals surface area (Å²) in [7, 11) is 0. The third-order valence-electron chi connectivity index (χ3n) is 3.99. The molecule has 0 saturated heterocycles. The van der Waals surface area contributed by atoms with Gasteiger partial charge in [0, 0.05) is 0 Å². The van der Waals surface area contributed by atoms with Crippen LogP contribution in [-0.2, 0) is 9.59 Å². The zero-order valence-electron chi connectivity index (χ0n) is 9.43. The highest BCUT2D eigenvalue weighted by molar-refractivity contribution is 5.83. The Morgan fingerprint density at radius 1 is 1.00 bits per heavy atom. The summed E-state index contributed by atoms with van der Waals surface area (Å²) in [5.41, 5.74) is 2.20. The quantitative estimate of drug-likeness (QED) is 0.701. The number of hydrogen-bond donors (Lipinski definition) is 2. The molecule has 0 aromatic carbocycles. The molecule has 2 aliphatic carbocycles. The smallest absolute Gasteiger partial charge is 0.308 e. The second-order valence-electron chi connectivity index (χ2n) is 4.97. The van der Waals surface area contributed by atoms with Crippen molar-refractivity contribution in [3.8, 4) is 0 Å². The Morgan fingerprint density at radius 2 is 1.38 bits per heavy atom. The van der Waals surface area contributed by atoms with Crippen LogP contribution in [-0.4, -0.2) is 22.2 Å². The fraction of sp³-hybridized carbons (Fsp3) is 0.667. The molecule has 0 heterocycles. The number of fused-ring (bicyclic) bond motifs is 2. The maximum atomic E-state index is 11.2. The molecule has 0 radical (unpaired) electrons. The van der Waals surface area contributed by atoms with Gasteiger partial charge in [0.1, 0.15) is 0 Å². The van der Waals surface area contributed by atoms with Gasteiger partial charge < -0.3 is 10.2 Å². The number of carboxylic acid groups (broad SMARTS) is 2. The Kier molecular flexibility index (Phi) is 2.52. The molecule has 2 fully saturated rings. The summed E-state index contributed by atoms with van der Waals surface area (Å²) < 4.78 is 0. The van der Waals surface area contributed by atoms with Gasteiger partial charge in [0.25, 0.3) is 0 Å². The van der Waals surface area contributed by atoms with E-state index >= 15 is 0 Å². The molecule has 4 heteroatoms. The average Bonchev–Trinajstić information content (AvgIpc) is 2.70. The van der Waals surface area contributed by atoms with Gasteiger partial charge in [-0.25, -0.2) is 0 Å². The minimum Gasteiger partial charge on any atom is -0.481 e. The molecule has 2 saturated carbocycles. The van der Waals surface area contributed by atoms with Crippen molar-refractivity contribution in [2.45, 2.75) is 26.7 Å². The van der Waals surface area contributed by atoms with Crippen LogP contribution in [0.2, 0.25) is 0 Å². The number of allylic oxidation sites excluding steroid dienone is 2. The van der Waals surface area contributed by atoms with Crippen LogP contribution in [0.3, 0.4) is 0 Å². The SMILES string of the molecule is CC(C)=C1[C@H]2CC[C@H]1[C@@H](C(=O)O)[C@@H]2C(=O)O. The molecule has 0 aliphatic heterocycles. The molecule has 4 atom stereocenters. The summed E-state index contributed by atoms with van der Waals surface area (Å²) in [4.78, 5) is 22.4. The second kappa shape index (κ2) is 3.61. The summed E-state index contributed by atoms with van der Waals surface area (Å²) >= 11 is 0. The molecule has 4 nitrogen and oxygen atoms in total. The minimum atomic E-state index is -0.960. The summed E-state index contributed by atoms with van der Waals surface area (Å²) in [6.07, 6.45) is 1.65. The van der Waals surface area contributed by atoms with Gasteiger partial charge in [-0.1, -0.05) is 11.1 Å². The molecule has 0 spiro atoms. The van der Waals surface area contributed by atoms with Crippen molar-refractivity contribution >= 4 is 11.9 Å². The summed E-state index contributed by atoms with van der Waals surface area (Å²) in [6, 6.07) is 0. The standard InChI is InChI=1S/C12H16O4/c1-5(2)8-6-3-4-7(8)10(12(15)16)9(6)11(13)14/h6-7,9-10H,3-4H2,1-2H3,(H,13,14)(H,15,16)/t6-,7-,9-,10-/m1/s1. The Bertz CT molecular complexity index is 348. The number of carbonyl (C=O) groups is 2. The fourth-order valence-corrected chi connectivity index (χ4v) is 3.58. The van der Waals surface area contributed by atoms with Crippen LogP contribution in [0, 0.1) is 23.7 Å². The van der Waals surface area contributed by atoms with E-state index in [-0.39, 0.29) is 11.8 Å². The monoisotopic (exact) mass is 224 g/mol. The van der Waals surface area contributed by atoms with Crippen molar-refractivity contribution in [3.63, 3.8) is 0 Å². The van der Waals surface area contributed by atoms with E-state index in [0.29, 0.717) is 0 Å². The van der Waals surface area contributed by atoms with E-state index in [9.17, 15) is 9.59 Å². The van der Waals surface area contributed by atoms with E-state index in [1.54, 1.807) is 0 Å². The van der Waals surface area contributed by atoms with E-state index < -0.39 is 23.8 Å². The lowest BCUT2D eigenvalue weighted by Gasteiger charge is -2.23. The van der Waals surface area contributed by atoms with Crippen molar-refractivity contribution in [2.75, 3.05) is 0 Å². The number of rotatable bonds is 2. The van der Waals surface area contributed by atoms with E-state index in [1.165, 1.54) is 0 Å². The molecule has 0 unspecified atom stereocenters. The van der Waals surface area contributed by atoms with Gasteiger partial charge in [-0.15, -0.1) is 0 Å². The Labute approximate surface area is 94.0 Å². The normalized spacial score (nSPS) is 36.5. The molecular weight excluding hydrogens is 208 g/mol. The van der Waals surface area contributed by atoms with Crippen molar-refractivity contribution < 1.29 is 19.8 Å². The Morgan fingerprint density at radius 3 is 1.62 bits per heavy atom. The summed E-state index contributed by atoms with van der Waals surface area (Å²) in [5, 5.41) is 18.3. The first-order valence-electron chi connectivity index (χ1n) is 5.58. The first-order valence-corrected chi connectivity index (χ1v) is 5.58. The van der Waals surface area contributed by atoms with Crippen molar-refractivity contribution in [1.82, 2.24) is 0 Å². The van der Waals surface area contributed by atoms with E-state index in [4.69, 9.17) is 10.2 Å². The van der Waals surface area contributed by atoms with Crippen molar-refractivity contribution in [2.24, 2.45) is 23.7 Å². The molecule has 2 rings (SSSR count). The van der Waals surface area contributed by atoms with Gasteiger partial charge in [-0.2, -0.15) is 0 Å². The van der Waals surface area contributed by atoms with Gasteiger partial charge in [-0.05, 0) is 38.5 Å². The molecule has 0 aromatic rings. The van der Waals surface area contributed by atoms with Crippen LogP contribution in [0.5, 0.6) is 0 Å².